The lowest BCUT2D eigenvalue weighted by molar-refractivity contribution is 0.253. The topological polar surface area (TPSA) is 19.4 Å². The lowest BCUT2D eigenvalue weighted by Gasteiger charge is -2.30. The zero-order valence-corrected chi connectivity index (χ0v) is 14.4. The quantitative estimate of drug-likeness (QED) is 0.807. The lowest BCUT2D eigenvalue weighted by Crippen LogP contribution is -2.31. The van der Waals surface area contributed by atoms with E-state index < -0.39 is 0 Å². The van der Waals surface area contributed by atoms with E-state index in [4.69, 9.17) is 4.98 Å². The van der Waals surface area contributed by atoms with Gasteiger partial charge >= 0.3 is 0 Å². The van der Waals surface area contributed by atoms with Crippen LogP contribution in [0.4, 0.5) is 5.82 Å². The smallest absolute Gasteiger partial charge is 0.131 e. The number of hydrogen-bond donors (Lipinski definition) is 0. The minimum absolute atomic E-state index is 0.605. The molecule has 0 radical (unpaired) electrons. The second-order valence-corrected chi connectivity index (χ2v) is 7.00. The molecule has 1 aromatic heterocycles. The predicted octanol–water partition coefficient (Wildman–Crippen LogP) is 4.32. The van der Waals surface area contributed by atoms with E-state index in [1.807, 2.05) is 0 Å². The average molecular weight is 301 g/mol. The monoisotopic (exact) mass is 301 g/mol. The molecule has 0 N–H and O–H groups in total. The third-order valence-corrected chi connectivity index (χ3v) is 5.27. The fourth-order valence-electron chi connectivity index (χ4n) is 4.04. The fraction of sp³-hybridized carbons (Fsp3) is 0.737. The number of aromatic nitrogens is 1. The Kier molecular flexibility index (Phi) is 5.35. The molecule has 2 aliphatic rings. The normalized spacial score (nSPS) is 23.2. The van der Waals surface area contributed by atoms with E-state index in [0.717, 1.165) is 0 Å². The van der Waals surface area contributed by atoms with E-state index in [0.29, 0.717) is 6.04 Å². The van der Waals surface area contributed by atoms with Gasteiger partial charge in [0.15, 0.2) is 0 Å². The Morgan fingerprint density at radius 1 is 1.14 bits per heavy atom. The molecular formula is C19H31N3. The van der Waals surface area contributed by atoms with Gasteiger partial charge in [0, 0.05) is 25.3 Å². The number of rotatable bonds is 5. The maximum Gasteiger partial charge on any atom is 0.131 e. The predicted molar refractivity (Wildman–Crippen MR) is 93.5 cm³/mol. The summed E-state index contributed by atoms with van der Waals surface area (Å²) in [5.41, 5.74) is 2.80. The van der Waals surface area contributed by atoms with Gasteiger partial charge in [0.05, 0.1) is 0 Å². The van der Waals surface area contributed by atoms with Crippen molar-refractivity contribution in [1.29, 1.82) is 0 Å². The lowest BCUT2D eigenvalue weighted by atomic mass is 10.0. The van der Waals surface area contributed by atoms with Crippen LogP contribution in [-0.4, -0.2) is 36.1 Å². The van der Waals surface area contributed by atoms with E-state index in [2.05, 4.69) is 35.9 Å². The molecule has 2 saturated heterocycles. The van der Waals surface area contributed by atoms with Gasteiger partial charge in [-0.05, 0) is 75.7 Å². The van der Waals surface area contributed by atoms with E-state index in [9.17, 15) is 0 Å². The second-order valence-electron chi connectivity index (χ2n) is 7.00. The van der Waals surface area contributed by atoms with Crippen LogP contribution >= 0.6 is 0 Å². The van der Waals surface area contributed by atoms with Crippen LogP contribution in [0.25, 0.3) is 0 Å². The number of nitrogens with zero attached hydrogens (tertiary/aromatic N) is 3. The molecule has 0 amide bonds. The van der Waals surface area contributed by atoms with Crippen molar-refractivity contribution in [1.82, 2.24) is 9.88 Å². The third-order valence-electron chi connectivity index (χ3n) is 5.27. The van der Waals surface area contributed by atoms with Gasteiger partial charge in [-0.25, -0.2) is 4.98 Å². The number of unbranched alkanes of at least 4 members (excludes halogenated alkanes) is 1. The summed E-state index contributed by atoms with van der Waals surface area (Å²) in [6, 6.07) is 3.01. The molecule has 0 unspecified atom stereocenters. The maximum absolute atomic E-state index is 4.86. The van der Waals surface area contributed by atoms with Gasteiger partial charge in [-0.1, -0.05) is 13.3 Å². The highest BCUT2D eigenvalue weighted by molar-refractivity contribution is 5.48. The fourth-order valence-corrected chi connectivity index (χ4v) is 4.04. The first kappa shape index (κ1) is 15.8. The van der Waals surface area contributed by atoms with Crippen molar-refractivity contribution in [3.8, 4) is 0 Å². The minimum Gasteiger partial charge on any atom is -0.356 e. The van der Waals surface area contributed by atoms with Gasteiger partial charge < -0.3 is 4.90 Å². The summed E-state index contributed by atoms with van der Waals surface area (Å²) in [7, 11) is 0. The SMILES string of the molecule is CCCCN1CCC[C@@H]1c1cnc(N2CCCCC2)c(C)c1. The summed E-state index contributed by atoms with van der Waals surface area (Å²) in [6.07, 6.45) is 11.4. The van der Waals surface area contributed by atoms with Crippen LogP contribution in [0.2, 0.25) is 0 Å². The van der Waals surface area contributed by atoms with Crippen molar-refractivity contribution in [2.75, 3.05) is 31.1 Å². The molecule has 3 heterocycles. The zero-order valence-electron chi connectivity index (χ0n) is 14.4. The Morgan fingerprint density at radius 2 is 1.95 bits per heavy atom. The van der Waals surface area contributed by atoms with E-state index in [1.54, 1.807) is 0 Å². The molecule has 0 aromatic carbocycles. The van der Waals surface area contributed by atoms with Crippen LogP contribution in [-0.2, 0) is 0 Å². The number of likely N-dealkylation sites (tertiary alicyclic amines) is 1. The van der Waals surface area contributed by atoms with Gasteiger partial charge in [0.25, 0.3) is 0 Å². The molecule has 3 nitrogen and oxygen atoms in total. The molecule has 0 spiro atoms. The van der Waals surface area contributed by atoms with E-state index >= 15 is 0 Å². The summed E-state index contributed by atoms with van der Waals surface area (Å²) in [5, 5.41) is 0. The van der Waals surface area contributed by atoms with Gasteiger partial charge in [-0.3, -0.25) is 4.90 Å². The molecule has 3 heteroatoms. The standard InChI is InChI=1S/C19H31N3/c1-3-4-10-21-13-8-9-18(21)17-14-16(2)19(20-15-17)22-11-6-5-7-12-22/h14-15,18H,3-13H2,1-2H3/t18-/m1/s1. The average Bonchev–Trinajstić information content (AvgIpc) is 3.02. The molecule has 0 aliphatic carbocycles. The molecule has 2 fully saturated rings. The van der Waals surface area contributed by atoms with Gasteiger partial charge in [-0.15, -0.1) is 0 Å². The summed E-state index contributed by atoms with van der Waals surface area (Å²) < 4.78 is 0. The van der Waals surface area contributed by atoms with Gasteiger partial charge in [0.2, 0.25) is 0 Å². The summed E-state index contributed by atoms with van der Waals surface area (Å²) in [5.74, 6) is 1.22. The first-order chi connectivity index (χ1) is 10.8. The Morgan fingerprint density at radius 3 is 2.68 bits per heavy atom. The first-order valence-corrected chi connectivity index (χ1v) is 9.25. The van der Waals surface area contributed by atoms with Gasteiger partial charge in [0.1, 0.15) is 5.82 Å². The van der Waals surface area contributed by atoms with Crippen molar-refractivity contribution >= 4 is 5.82 Å². The minimum atomic E-state index is 0.605. The van der Waals surface area contributed by atoms with E-state index in [1.165, 1.54) is 88.1 Å². The number of anilines is 1. The molecule has 3 rings (SSSR count). The number of aryl methyl sites for hydroxylation is 1. The number of piperidine rings is 1. The maximum atomic E-state index is 4.86. The largest absolute Gasteiger partial charge is 0.356 e. The Balaban J connectivity index is 1.73. The van der Waals surface area contributed by atoms with Crippen molar-refractivity contribution < 1.29 is 0 Å². The molecular weight excluding hydrogens is 270 g/mol. The highest BCUT2D eigenvalue weighted by atomic mass is 15.2. The summed E-state index contributed by atoms with van der Waals surface area (Å²) in [6.45, 7) is 9.39. The molecule has 1 atom stereocenters. The van der Waals surface area contributed by atoms with Crippen molar-refractivity contribution in [3.63, 3.8) is 0 Å². The molecule has 122 valence electrons. The molecule has 22 heavy (non-hydrogen) atoms. The van der Waals surface area contributed by atoms with Crippen LogP contribution in [0.15, 0.2) is 12.3 Å². The van der Waals surface area contributed by atoms with Gasteiger partial charge in [-0.2, -0.15) is 0 Å². The molecule has 1 aromatic rings. The van der Waals surface area contributed by atoms with Crippen LogP contribution in [0.3, 0.4) is 0 Å². The Labute approximate surface area is 135 Å². The van der Waals surface area contributed by atoms with Crippen LogP contribution in [0.5, 0.6) is 0 Å². The third kappa shape index (κ3) is 3.45. The summed E-state index contributed by atoms with van der Waals surface area (Å²) >= 11 is 0. The molecule has 0 saturated carbocycles. The Bertz CT molecular complexity index is 480. The van der Waals surface area contributed by atoms with Crippen molar-refractivity contribution in [2.24, 2.45) is 0 Å². The van der Waals surface area contributed by atoms with Crippen LogP contribution in [0.1, 0.15) is 69.0 Å². The number of hydrogen-bond acceptors (Lipinski definition) is 3. The highest BCUT2D eigenvalue weighted by Gasteiger charge is 2.26. The first-order valence-electron chi connectivity index (χ1n) is 9.25. The van der Waals surface area contributed by atoms with E-state index in [-0.39, 0.29) is 0 Å². The highest BCUT2D eigenvalue weighted by Crippen LogP contribution is 2.33. The van der Waals surface area contributed by atoms with Crippen molar-refractivity contribution in [3.05, 3.63) is 23.4 Å². The van der Waals surface area contributed by atoms with Crippen molar-refractivity contribution in [2.45, 2.75) is 64.8 Å². The Hall–Kier alpha value is -1.09. The molecule has 0 bridgehead atoms. The van der Waals surface area contributed by atoms with Crippen LogP contribution in [0, 0.1) is 6.92 Å². The molecule has 2 aliphatic heterocycles. The summed E-state index contributed by atoms with van der Waals surface area (Å²) in [4.78, 5) is 10.0. The second kappa shape index (κ2) is 7.45. The van der Waals surface area contributed by atoms with Crippen LogP contribution < -0.4 is 4.90 Å². The zero-order chi connectivity index (χ0) is 15.4. The number of pyridine rings is 1.